The second kappa shape index (κ2) is 8.54. The van der Waals surface area contributed by atoms with Gasteiger partial charge < -0.3 is 9.84 Å². The summed E-state index contributed by atoms with van der Waals surface area (Å²) in [4.78, 5) is 0. The van der Waals surface area contributed by atoms with Crippen molar-refractivity contribution in [1.82, 2.24) is 0 Å². The van der Waals surface area contributed by atoms with E-state index in [1.165, 1.54) is 12.1 Å². The van der Waals surface area contributed by atoms with E-state index in [-0.39, 0.29) is 12.4 Å². The Balaban J connectivity index is 2.64. The molecule has 1 N–H and O–H groups in total. The molecule has 1 aromatic carbocycles. The molecule has 0 aliphatic heterocycles. The number of hydrogen-bond acceptors (Lipinski definition) is 2. The molecule has 0 saturated heterocycles. The standard InChI is InChI=1S/C15H19FO2/c1-2-3-11-18-15-9-8-14(16)12-13(15)7-5-4-6-10-17/h8-9,12,17H,2-3,5,7,10-11H2,1H3. The van der Waals surface area contributed by atoms with Gasteiger partial charge in [0.25, 0.3) is 0 Å². The fourth-order valence-electron chi connectivity index (χ4n) is 1.55. The lowest BCUT2D eigenvalue weighted by atomic mass is 10.1. The lowest BCUT2D eigenvalue weighted by Gasteiger charge is -2.10. The van der Waals surface area contributed by atoms with E-state index in [0.29, 0.717) is 19.4 Å². The first kappa shape index (κ1) is 14.5. The molecule has 1 rings (SSSR count). The molecule has 0 spiro atoms. The van der Waals surface area contributed by atoms with Crippen molar-refractivity contribution < 1.29 is 14.2 Å². The SMILES string of the molecule is CCCCOc1ccc(F)cc1CCC#CCO. The highest BCUT2D eigenvalue weighted by atomic mass is 19.1. The number of aryl methyl sites for hydroxylation is 1. The van der Waals surface area contributed by atoms with Gasteiger partial charge in [0, 0.05) is 6.42 Å². The maximum Gasteiger partial charge on any atom is 0.123 e. The average molecular weight is 250 g/mol. The van der Waals surface area contributed by atoms with Crippen molar-refractivity contribution in [3.63, 3.8) is 0 Å². The topological polar surface area (TPSA) is 29.5 Å². The van der Waals surface area contributed by atoms with Crippen LogP contribution >= 0.6 is 0 Å². The molecule has 0 amide bonds. The number of benzene rings is 1. The molecule has 1 aromatic rings. The van der Waals surface area contributed by atoms with Crippen molar-refractivity contribution in [2.75, 3.05) is 13.2 Å². The van der Waals surface area contributed by atoms with Crippen molar-refractivity contribution in [3.05, 3.63) is 29.6 Å². The van der Waals surface area contributed by atoms with Crippen LogP contribution in [-0.2, 0) is 6.42 Å². The Morgan fingerprint density at radius 3 is 2.89 bits per heavy atom. The summed E-state index contributed by atoms with van der Waals surface area (Å²) in [6.07, 6.45) is 3.28. The third-order valence-corrected chi connectivity index (χ3v) is 2.50. The Bertz CT molecular complexity index is 418. The predicted octanol–water partition coefficient (Wildman–Crippen LogP) is 2.93. The number of halogens is 1. The summed E-state index contributed by atoms with van der Waals surface area (Å²) in [5.74, 6) is 5.87. The zero-order valence-corrected chi connectivity index (χ0v) is 10.7. The zero-order chi connectivity index (χ0) is 13.2. The van der Waals surface area contributed by atoms with Crippen LogP contribution in [0.15, 0.2) is 18.2 Å². The van der Waals surface area contributed by atoms with Gasteiger partial charge in [-0.05, 0) is 36.6 Å². The van der Waals surface area contributed by atoms with Crippen LogP contribution in [0, 0.1) is 17.7 Å². The van der Waals surface area contributed by atoms with E-state index in [9.17, 15) is 4.39 Å². The molecular weight excluding hydrogens is 231 g/mol. The summed E-state index contributed by atoms with van der Waals surface area (Å²) in [5, 5.41) is 8.55. The highest BCUT2D eigenvalue weighted by Gasteiger charge is 2.04. The first-order chi connectivity index (χ1) is 8.77. The van der Waals surface area contributed by atoms with Crippen LogP contribution in [0.5, 0.6) is 5.75 Å². The predicted molar refractivity (Wildman–Crippen MR) is 70.0 cm³/mol. The van der Waals surface area contributed by atoms with E-state index in [2.05, 4.69) is 18.8 Å². The number of aliphatic hydroxyl groups is 1. The Hall–Kier alpha value is -1.53. The Kier molecular flexibility index (Phi) is 6.90. The number of hydrogen-bond donors (Lipinski definition) is 1. The molecule has 0 radical (unpaired) electrons. The van der Waals surface area contributed by atoms with Gasteiger partial charge in [0.2, 0.25) is 0 Å². The second-order valence-electron chi connectivity index (χ2n) is 3.97. The molecule has 0 saturated carbocycles. The molecule has 0 unspecified atom stereocenters. The van der Waals surface area contributed by atoms with Gasteiger partial charge in [-0.15, -0.1) is 5.92 Å². The Labute approximate surface area is 108 Å². The van der Waals surface area contributed by atoms with Crippen LogP contribution in [-0.4, -0.2) is 18.3 Å². The number of unbranched alkanes of at least 4 members (excludes halogenated alkanes) is 1. The van der Waals surface area contributed by atoms with E-state index in [1.807, 2.05) is 0 Å². The molecular formula is C15H19FO2. The molecule has 0 fully saturated rings. The average Bonchev–Trinajstić information content (AvgIpc) is 2.37. The molecule has 0 atom stereocenters. The summed E-state index contributed by atoms with van der Waals surface area (Å²) < 4.78 is 18.8. The minimum absolute atomic E-state index is 0.136. The third-order valence-electron chi connectivity index (χ3n) is 2.50. The van der Waals surface area contributed by atoms with Gasteiger partial charge in [0.1, 0.15) is 18.2 Å². The number of rotatable bonds is 6. The highest BCUT2D eigenvalue weighted by Crippen LogP contribution is 2.21. The molecule has 3 heteroatoms. The molecule has 0 heterocycles. The van der Waals surface area contributed by atoms with Crippen LogP contribution in [0.1, 0.15) is 31.7 Å². The van der Waals surface area contributed by atoms with Gasteiger partial charge in [0.15, 0.2) is 0 Å². The fraction of sp³-hybridized carbons (Fsp3) is 0.467. The molecule has 0 aromatic heterocycles. The largest absolute Gasteiger partial charge is 0.493 e. The first-order valence-corrected chi connectivity index (χ1v) is 6.25. The van der Waals surface area contributed by atoms with Crippen molar-refractivity contribution in [2.24, 2.45) is 0 Å². The summed E-state index contributed by atoms with van der Waals surface area (Å²) >= 11 is 0. The van der Waals surface area contributed by atoms with Gasteiger partial charge in [-0.1, -0.05) is 19.3 Å². The van der Waals surface area contributed by atoms with Crippen LogP contribution in [0.4, 0.5) is 4.39 Å². The molecule has 2 nitrogen and oxygen atoms in total. The maximum absolute atomic E-state index is 13.2. The van der Waals surface area contributed by atoms with E-state index in [1.54, 1.807) is 6.07 Å². The van der Waals surface area contributed by atoms with Gasteiger partial charge >= 0.3 is 0 Å². The van der Waals surface area contributed by atoms with Gasteiger partial charge in [0.05, 0.1) is 6.61 Å². The molecule has 0 aliphatic rings. The lowest BCUT2D eigenvalue weighted by molar-refractivity contribution is 0.306. The fourth-order valence-corrected chi connectivity index (χ4v) is 1.55. The summed E-state index contributed by atoms with van der Waals surface area (Å²) in [5.41, 5.74) is 0.832. The summed E-state index contributed by atoms with van der Waals surface area (Å²) in [6.45, 7) is 2.61. The van der Waals surface area contributed by atoms with Crippen molar-refractivity contribution >= 4 is 0 Å². The number of ether oxygens (including phenoxy) is 1. The van der Waals surface area contributed by atoms with Crippen LogP contribution in [0.25, 0.3) is 0 Å². The van der Waals surface area contributed by atoms with E-state index >= 15 is 0 Å². The van der Waals surface area contributed by atoms with E-state index in [0.717, 1.165) is 24.2 Å². The minimum Gasteiger partial charge on any atom is -0.493 e. The van der Waals surface area contributed by atoms with E-state index in [4.69, 9.17) is 9.84 Å². The quantitative estimate of drug-likeness (QED) is 0.621. The lowest BCUT2D eigenvalue weighted by Crippen LogP contribution is -2.00. The Morgan fingerprint density at radius 2 is 2.17 bits per heavy atom. The van der Waals surface area contributed by atoms with Crippen LogP contribution in [0.3, 0.4) is 0 Å². The normalized spacial score (nSPS) is 9.72. The van der Waals surface area contributed by atoms with Crippen molar-refractivity contribution in [1.29, 1.82) is 0 Å². The number of aliphatic hydroxyl groups excluding tert-OH is 1. The van der Waals surface area contributed by atoms with Gasteiger partial charge in [-0.3, -0.25) is 0 Å². The summed E-state index contributed by atoms with van der Waals surface area (Å²) in [6, 6.07) is 4.56. The maximum atomic E-state index is 13.2. The zero-order valence-electron chi connectivity index (χ0n) is 10.7. The minimum atomic E-state index is -0.261. The molecule has 18 heavy (non-hydrogen) atoms. The van der Waals surface area contributed by atoms with E-state index < -0.39 is 0 Å². The van der Waals surface area contributed by atoms with Gasteiger partial charge in [-0.25, -0.2) is 4.39 Å². The second-order valence-corrected chi connectivity index (χ2v) is 3.97. The molecule has 98 valence electrons. The van der Waals surface area contributed by atoms with Crippen LogP contribution in [0.2, 0.25) is 0 Å². The third kappa shape index (κ3) is 5.20. The van der Waals surface area contributed by atoms with Gasteiger partial charge in [-0.2, -0.15) is 0 Å². The first-order valence-electron chi connectivity index (χ1n) is 6.25. The monoisotopic (exact) mass is 250 g/mol. The van der Waals surface area contributed by atoms with Crippen molar-refractivity contribution in [2.45, 2.75) is 32.6 Å². The van der Waals surface area contributed by atoms with Crippen LogP contribution < -0.4 is 4.74 Å². The molecule has 0 bridgehead atoms. The molecule has 0 aliphatic carbocycles. The highest BCUT2D eigenvalue weighted by molar-refractivity contribution is 5.34. The summed E-state index contributed by atoms with van der Waals surface area (Å²) in [7, 11) is 0. The smallest absolute Gasteiger partial charge is 0.123 e. The Morgan fingerprint density at radius 1 is 1.33 bits per heavy atom. The van der Waals surface area contributed by atoms with Crippen molar-refractivity contribution in [3.8, 4) is 17.6 Å².